The first kappa shape index (κ1) is 18.0. The molecule has 2 amide bonds. The van der Waals surface area contributed by atoms with Crippen LogP contribution in [0.2, 0.25) is 0 Å². The van der Waals surface area contributed by atoms with Crippen molar-refractivity contribution in [1.29, 1.82) is 0 Å². The molecule has 0 spiro atoms. The molecule has 1 aliphatic rings. The molecule has 2 aromatic rings. The molecule has 6 heteroatoms. The summed E-state index contributed by atoms with van der Waals surface area (Å²) >= 11 is 0. The van der Waals surface area contributed by atoms with E-state index in [2.05, 4.69) is 10.3 Å². The molecule has 0 atom stereocenters. The van der Waals surface area contributed by atoms with Crippen molar-refractivity contribution in [3.05, 3.63) is 65.2 Å². The van der Waals surface area contributed by atoms with Gasteiger partial charge in [-0.05, 0) is 49.1 Å². The van der Waals surface area contributed by atoms with E-state index >= 15 is 0 Å². The highest BCUT2D eigenvalue weighted by molar-refractivity contribution is 5.94. The van der Waals surface area contributed by atoms with Gasteiger partial charge in [0.2, 0.25) is 5.91 Å². The first-order chi connectivity index (χ1) is 12.5. The van der Waals surface area contributed by atoms with Crippen LogP contribution >= 0.6 is 0 Å². The highest BCUT2D eigenvalue weighted by Gasteiger charge is 2.27. The molecule has 1 aromatic carbocycles. The Morgan fingerprint density at radius 1 is 1.27 bits per heavy atom. The van der Waals surface area contributed by atoms with Crippen LogP contribution in [0, 0.1) is 18.7 Å². The Labute approximate surface area is 152 Å². The van der Waals surface area contributed by atoms with Crippen LogP contribution in [0.5, 0.6) is 0 Å². The van der Waals surface area contributed by atoms with Gasteiger partial charge in [0.25, 0.3) is 5.91 Å². The van der Waals surface area contributed by atoms with Gasteiger partial charge in [-0.2, -0.15) is 0 Å². The standard InChI is InChI=1S/C20H22FN3O2/c1-14-4-5-15(11-18(14)21)12-23-19(25)16-6-9-24(10-7-16)20(26)17-3-2-8-22-13-17/h2-5,8,11,13,16H,6-7,9-10,12H2,1H3,(H,23,25). The van der Waals surface area contributed by atoms with Crippen molar-refractivity contribution < 1.29 is 14.0 Å². The van der Waals surface area contributed by atoms with E-state index in [1.165, 1.54) is 6.07 Å². The fraction of sp³-hybridized carbons (Fsp3) is 0.350. The zero-order valence-electron chi connectivity index (χ0n) is 14.7. The van der Waals surface area contributed by atoms with Crippen LogP contribution < -0.4 is 5.32 Å². The SMILES string of the molecule is Cc1ccc(CNC(=O)C2CCN(C(=O)c3cccnc3)CC2)cc1F. The Bertz CT molecular complexity index is 787. The number of aryl methyl sites for hydroxylation is 1. The van der Waals surface area contributed by atoms with Crippen LogP contribution in [0.4, 0.5) is 4.39 Å². The van der Waals surface area contributed by atoms with Gasteiger partial charge < -0.3 is 10.2 Å². The molecule has 1 saturated heterocycles. The third-order valence-corrected chi connectivity index (χ3v) is 4.76. The minimum Gasteiger partial charge on any atom is -0.352 e. The maximum absolute atomic E-state index is 13.6. The van der Waals surface area contributed by atoms with E-state index in [0.29, 0.717) is 43.6 Å². The number of carbonyl (C=O) groups excluding carboxylic acids is 2. The summed E-state index contributed by atoms with van der Waals surface area (Å²) in [5.41, 5.74) is 1.90. The van der Waals surface area contributed by atoms with Crippen LogP contribution in [0.25, 0.3) is 0 Å². The predicted octanol–water partition coefficient (Wildman–Crippen LogP) is 2.70. The molecule has 136 valence electrons. The molecule has 0 bridgehead atoms. The second kappa shape index (κ2) is 8.08. The molecule has 1 N–H and O–H groups in total. The summed E-state index contributed by atoms with van der Waals surface area (Å²) in [4.78, 5) is 30.5. The lowest BCUT2D eigenvalue weighted by Gasteiger charge is -2.31. The lowest BCUT2D eigenvalue weighted by atomic mass is 9.95. The van der Waals surface area contributed by atoms with E-state index in [4.69, 9.17) is 0 Å². The molecule has 0 unspecified atom stereocenters. The van der Waals surface area contributed by atoms with Gasteiger partial charge in [0, 0.05) is 37.9 Å². The first-order valence-corrected chi connectivity index (χ1v) is 8.76. The van der Waals surface area contributed by atoms with Gasteiger partial charge in [0.05, 0.1) is 5.56 Å². The number of pyridine rings is 1. The van der Waals surface area contributed by atoms with Gasteiger partial charge in [-0.3, -0.25) is 14.6 Å². The third kappa shape index (κ3) is 4.25. The number of benzene rings is 1. The van der Waals surface area contributed by atoms with Crippen molar-refractivity contribution in [3.63, 3.8) is 0 Å². The molecule has 26 heavy (non-hydrogen) atoms. The first-order valence-electron chi connectivity index (χ1n) is 8.76. The number of amides is 2. The summed E-state index contributed by atoms with van der Waals surface area (Å²) < 4.78 is 13.6. The molecule has 0 saturated carbocycles. The number of hydrogen-bond acceptors (Lipinski definition) is 3. The fourth-order valence-electron chi connectivity index (χ4n) is 3.10. The monoisotopic (exact) mass is 355 g/mol. The number of nitrogens with zero attached hydrogens (tertiary/aromatic N) is 2. The Balaban J connectivity index is 1.49. The topological polar surface area (TPSA) is 62.3 Å². The lowest BCUT2D eigenvalue weighted by molar-refractivity contribution is -0.126. The largest absolute Gasteiger partial charge is 0.352 e. The van der Waals surface area contributed by atoms with Crippen molar-refractivity contribution in [1.82, 2.24) is 15.2 Å². The quantitative estimate of drug-likeness (QED) is 0.917. The van der Waals surface area contributed by atoms with Crippen molar-refractivity contribution in [2.24, 2.45) is 5.92 Å². The Hall–Kier alpha value is -2.76. The van der Waals surface area contributed by atoms with E-state index in [9.17, 15) is 14.0 Å². The molecule has 5 nitrogen and oxygen atoms in total. The van der Waals surface area contributed by atoms with Crippen LogP contribution in [0.1, 0.15) is 34.3 Å². The van der Waals surface area contributed by atoms with Crippen molar-refractivity contribution in [2.45, 2.75) is 26.3 Å². The molecule has 0 aliphatic carbocycles. The molecule has 1 aromatic heterocycles. The zero-order valence-corrected chi connectivity index (χ0v) is 14.7. The number of aromatic nitrogens is 1. The normalized spacial score (nSPS) is 14.9. The van der Waals surface area contributed by atoms with Crippen LogP contribution in [0.15, 0.2) is 42.7 Å². The van der Waals surface area contributed by atoms with Crippen LogP contribution in [-0.4, -0.2) is 34.8 Å². The van der Waals surface area contributed by atoms with E-state index < -0.39 is 0 Å². The molecule has 1 aliphatic heterocycles. The Morgan fingerprint density at radius 2 is 2.04 bits per heavy atom. The number of likely N-dealkylation sites (tertiary alicyclic amines) is 1. The van der Waals surface area contributed by atoms with Gasteiger partial charge in [0.1, 0.15) is 5.82 Å². The van der Waals surface area contributed by atoms with Crippen LogP contribution in [-0.2, 0) is 11.3 Å². The Kier molecular flexibility index (Phi) is 5.61. The number of rotatable bonds is 4. The number of piperidine rings is 1. The second-order valence-corrected chi connectivity index (χ2v) is 6.61. The smallest absolute Gasteiger partial charge is 0.255 e. The average molecular weight is 355 g/mol. The minimum absolute atomic E-state index is 0.0422. The number of nitrogens with one attached hydrogen (secondary N) is 1. The van der Waals surface area contributed by atoms with E-state index in [0.717, 1.165) is 5.56 Å². The van der Waals surface area contributed by atoms with Gasteiger partial charge in [-0.25, -0.2) is 4.39 Å². The summed E-state index contributed by atoms with van der Waals surface area (Å²) in [7, 11) is 0. The third-order valence-electron chi connectivity index (χ3n) is 4.76. The average Bonchev–Trinajstić information content (AvgIpc) is 2.69. The molecule has 3 rings (SSSR count). The zero-order chi connectivity index (χ0) is 18.5. The number of carbonyl (C=O) groups is 2. The highest BCUT2D eigenvalue weighted by Crippen LogP contribution is 2.19. The molecule has 0 radical (unpaired) electrons. The van der Waals surface area contributed by atoms with Crippen molar-refractivity contribution >= 4 is 11.8 Å². The van der Waals surface area contributed by atoms with Gasteiger partial charge in [0.15, 0.2) is 0 Å². The maximum Gasteiger partial charge on any atom is 0.255 e. The summed E-state index contributed by atoms with van der Waals surface area (Å²) in [5, 5.41) is 2.87. The number of hydrogen-bond donors (Lipinski definition) is 1. The van der Waals surface area contributed by atoms with Crippen molar-refractivity contribution in [3.8, 4) is 0 Å². The van der Waals surface area contributed by atoms with Crippen LogP contribution in [0.3, 0.4) is 0 Å². The summed E-state index contributed by atoms with van der Waals surface area (Å²) in [6.07, 6.45) is 4.44. The molecular weight excluding hydrogens is 333 g/mol. The minimum atomic E-state index is -0.265. The second-order valence-electron chi connectivity index (χ2n) is 6.61. The van der Waals surface area contributed by atoms with Crippen molar-refractivity contribution in [2.75, 3.05) is 13.1 Å². The van der Waals surface area contributed by atoms with Gasteiger partial charge >= 0.3 is 0 Å². The summed E-state index contributed by atoms with van der Waals surface area (Å²) in [6, 6.07) is 8.45. The van der Waals surface area contributed by atoms with E-state index in [1.54, 1.807) is 42.4 Å². The molecule has 2 heterocycles. The number of halogens is 1. The van der Waals surface area contributed by atoms with E-state index in [1.807, 2.05) is 6.07 Å². The maximum atomic E-state index is 13.6. The van der Waals surface area contributed by atoms with Gasteiger partial charge in [-0.15, -0.1) is 0 Å². The Morgan fingerprint density at radius 3 is 2.69 bits per heavy atom. The highest BCUT2D eigenvalue weighted by atomic mass is 19.1. The fourth-order valence-corrected chi connectivity index (χ4v) is 3.10. The molecular formula is C20H22FN3O2. The molecule has 1 fully saturated rings. The van der Waals surface area contributed by atoms with Gasteiger partial charge in [-0.1, -0.05) is 12.1 Å². The summed E-state index contributed by atoms with van der Waals surface area (Å²) in [5.74, 6) is -0.478. The van der Waals surface area contributed by atoms with E-state index in [-0.39, 0.29) is 23.5 Å². The predicted molar refractivity (Wildman–Crippen MR) is 95.8 cm³/mol. The summed E-state index contributed by atoms with van der Waals surface area (Å²) in [6.45, 7) is 3.11. The lowest BCUT2D eigenvalue weighted by Crippen LogP contribution is -2.42.